The number of aromatic amines is 2. The molecule has 2 aromatic carbocycles. The second-order valence-corrected chi connectivity index (χ2v) is 4.92. The van der Waals surface area contributed by atoms with Gasteiger partial charge >= 0.3 is 0 Å². The van der Waals surface area contributed by atoms with Gasteiger partial charge in [0.15, 0.2) is 0 Å². The number of hydrogen-bond donors (Lipinski definition) is 3. The number of aromatic nitrogens is 2. The number of rotatable bonds is 3. The second-order valence-electron chi connectivity index (χ2n) is 4.92. The van der Waals surface area contributed by atoms with Crippen LogP contribution in [0.15, 0.2) is 52.1 Å². The van der Waals surface area contributed by atoms with Crippen molar-refractivity contribution in [2.45, 2.75) is 0 Å². The van der Waals surface area contributed by atoms with Gasteiger partial charge in [-0.1, -0.05) is 30.4 Å². The Hall–Kier alpha value is -3.08. The number of fused-ring (bicyclic) bond motifs is 1. The highest BCUT2D eigenvalue weighted by molar-refractivity contribution is 5.84. The smallest absolute Gasteiger partial charge is 0.270 e. The summed E-state index contributed by atoms with van der Waals surface area (Å²) >= 11 is 0. The van der Waals surface area contributed by atoms with E-state index in [4.69, 9.17) is 0 Å². The molecule has 1 aromatic heterocycles. The van der Waals surface area contributed by atoms with Crippen molar-refractivity contribution in [2.75, 3.05) is 12.4 Å². The molecule has 0 bridgehead atoms. The Kier molecular flexibility index (Phi) is 3.62. The minimum atomic E-state index is -0.303. The quantitative estimate of drug-likeness (QED) is 0.649. The van der Waals surface area contributed by atoms with Gasteiger partial charge in [-0.3, -0.25) is 19.8 Å². The Labute approximate surface area is 126 Å². The Morgan fingerprint density at radius 2 is 1.41 bits per heavy atom. The SMILES string of the molecule is CNc1ccc(/C=C/c2ccc3c(=O)[nH][nH]c(=O)c3c2)cc1. The number of anilines is 1. The van der Waals surface area contributed by atoms with Gasteiger partial charge in [0, 0.05) is 12.7 Å². The molecule has 0 saturated carbocycles. The van der Waals surface area contributed by atoms with E-state index in [0.29, 0.717) is 10.8 Å². The summed E-state index contributed by atoms with van der Waals surface area (Å²) in [5, 5.41) is 8.48. The molecule has 0 aliphatic rings. The average molecular weight is 293 g/mol. The van der Waals surface area contributed by atoms with Crippen molar-refractivity contribution >= 4 is 28.6 Å². The fourth-order valence-electron chi connectivity index (χ4n) is 2.25. The highest BCUT2D eigenvalue weighted by Gasteiger charge is 2.02. The first kappa shape index (κ1) is 13.9. The van der Waals surface area contributed by atoms with Crippen LogP contribution >= 0.6 is 0 Å². The Morgan fingerprint density at radius 1 is 0.818 bits per heavy atom. The van der Waals surface area contributed by atoms with Crippen LogP contribution in [-0.2, 0) is 0 Å². The van der Waals surface area contributed by atoms with Crippen LogP contribution in [0.3, 0.4) is 0 Å². The largest absolute Gasteiger partial charge is 0.388 e. The van der Waals surface area contributed by atoms with Crippen LogP contribution in [0.1, 0.15) is 11.1 Å². The standard InChI is InChI=1S/C17H15N3O2/c1-18-13-7-4-11(5-8-13)2-3-12-6-9-14-15(10-12)17(22)20-19-16(14)21/h2-10,18H,1H3,(H,19,21)(H,20,22)/b3-2+. The summed E-state index contributed by atoms with van der Waals surface area (Å²) in [6.45, 7) is 0. The van der Waals surface area contributed by atoms with Crippen molar-refractivity contribution in [3.05, 3.63) is 74.3 Å². The molecule has 22 heavy (non-hydrogen) atoms. The van der Waals surface area contributed by atoms with E-state index < -0.39 is 0 Å². The number of benzene rings is 2. The molecule has 3 N–H and O–H groups in total. The normalized spacial score (nSPS) is 11.1. The zero-order chi connectivity index (χ0) is 15.5. The van der Waals surface area contributed by atoms with Gasteiger partial charge in [0.05, 0.1) is 10.8 Å². The van der Waals surface area contributed by atoms with Gasteiger partial charge in [-0.25, -0.2) is 0 Å². The molecule has 0 saturated heterocycles. The first-order chi connectivity index (χ1) is 10.7. The molecule has 0 amide bonds. The molecule has 0 radical (unpaired) electrons. The molecule has 5 heteroatoms. The molecular formula is C17H15N3O2. The zero-order valence-corrected chi connectivity index (χ0v) is 12.0. The predicted molar refractivity (Wildman–Crippen MR) is 90.1 cm³/mol. The van der Waals surface area contributed by atoms with Gasteiger partial charge in [-0.2, -0.15) is 0 Å². The highest BCUT2D eigenvalue weighted by Crippen LogP contribution is 2.14. The Balaban J connectivity index is 1.96. The summed E-state index contributed by atoms with van der Waals surface area (Å²) in [5.74, 6) is 0. The van der Waals surface area contributed by atoms with E-state index in [1.54, 1.807) is 12.1 Å². The third kappa shape index (κ3) is 2.69. The van der Waals surface area contributed by atoms with Gasteiger partial charge in [0.1, 0.15) is 0 Å². The van der Waals surface area contributed by atoms with Crippen LogP contribution in [0, 0.1) is 0 Å². The molecule has 0 aliphatic carbocycles. The first-order valence-corrected chi connectivity index (χ1v) is 6.88. The van der Waals surface area contributed by atoms with Crippen LogP contribution in [0.5, 0.6) is 0 Å². The van der Waals surface area contributed by atoms with Crippen LogP contribution < -0.4 is 16.4 Å². The van der Waals surface area contributed by atoms with Crippen molar-refractivity contribution in [3.63, 3.8) is 0 Å². The number of nitrogens with one attached hydrogen (secondary N) is 3. The van der Waals surface area contributed by atoms with E-state index in [2.05, 4.69) is 15.5 Å². The number of hydrogen-bond acceptors (Lipinski definition) is 3. The molecule has 0 spiro atoms. The fraction of sp³-hybridized carbons (Fsp3) is 0.0588. The molecule has 1 heterocycles. The minimum Gasteiger partial charge on any atom is -0.388 e. The fourth-order valence-corrected chi connectivity index (χ4v) is 2.25. The lowest BCUT2D eigenvalue weighted by Gasteiger charge is -2.00. The van der Waals surface area contributed by atoms with Crippen LogP contribution in [0.2, 0.25) is 0 Å². The number of H-pyrrole nitrogens is 2. The topological polar surface area (TPSA) is 77.8 Å². The van der Waals surface area contributed by atoms with Crippen LogP contribution in [0.25, 0.3) is 22.9 Å². The van der Waals surface area contributed by atoms with Gasteiger partial charge in [0.25, 0.3) is 11.1 Å². The molecule has 3 aromatic rings. The van der Waals surface area contributed by atoms with Gasteiger partial charge in [-0.05, 0) is 35.4 Å². The maximum Gasteiger partial charge on any atom is 0.270 e. The van der Waals surface area contributed by atoms with Crippen LogP contribution in [0.4, 0.5) is 5.69 Å². The second kappa shape index (κ2) is 5.73. The summed E-state index contributed by atoms with van der Waals surface area (Å²) < 4.78 is 0. The molecule has 3 rings (SSSR count). The third-order valence-electron chi connectivity index (χ3n) is 3.49. The summed E-state index contributed by atoms with van der Waals surface area (Å²) in [6.07, 6.45) is 3.87. The summed E-state index contributed by atoms with van der Waals surface area (Å²) in [4.78, 5) is 23.4. The van der Waals surface area contributed by atoms with Gasteiger partial charge in [-0.15, -0.1) is 0 Å². The van der Waals surface area contributed by atoms with Crippen molar-refractivity contribution in [2.24, 2.45) is 0 Å². The molecular weight excluding hydrogens is 278 g/mol. The van der Waals surface area contributed by atoms with Gasteiger partial charge < -0.3 is 5.32 Å². The lowest BCUT2D eigenvalue weighted by atomic mass is 10.1. The third-order valence-corrected chi connectivity index (χ3v) is 3.49. The zero-order valence-electron chi connectivity index (χ0n) is 12.0. The molecule has 5 nitrogen and oxygen atoms in total. The minimum absolute atomic E-state index is 0.298. The van der Waals surface area contributed by atoms with Crippen molar-refractivity contribution in [1.29, 1.82) is 0 Å². The van der Waals surface area contributed by atoms with E-state index in [-0.39, 0.29) is 11.1 Å². The lowest BCUT2D eigenvalue weighted by Crippen LogP contribution is -2.18. The summed E-state index contributed by atoms with van der Waals surface area (Å²) in [7, 11) is 1.87. The lowest BCUT2D eigenvalue weighted by molar-refractivity contribution is 0.976. The maximum absolute atomic E-state index is 11.8. The Bertz CT molecular complexity index is 950. The molecule has 0 aliphatic heterocycles. The maximum atomic E-state index is 11.8. The monoisotopic (exact) mass is 293 g/mol. The highest BCUT2D eigenvalue weighted by atomic mass is 16.1. The first-order valence-electron chi connectivity index (χ1n) is 6.88. The Morgan fingerprint density at radius 3 is 2.09 bits per heavy atom. The molecule has 0 unspecified atom stereocenters. The van der Waals surface area contributed by atoms with Crippen molar-refractivity contribution in [1.82, 2.24) is 10.2 Å². The van der Waals surface area contributed by atoms with Crippen molar-refractivity contribution in [3.8, 4) is 0 Å². The van der Waals surface area contributed by atoms with E-state index in [0.717, 1.165) is 16.8 Å². The summed E-state index contributed by atoms with van der Waals surface area (Å²) in [5.41, 5.74) is 2.37. The van der Waals surface area contributed by atoms with Crippen LogP contribution in [-0.4, -0.2) is 17.2 Å². The average Bonchev–Trinajstić information content (AvgIpc) is 2.57. The molecule has 0 fully saturated rings. The molecule has 110 valence electrons. The van der Waals surface area contributed by atoms with E-state index in [1.807, 2.05) is 49.5 Å². The molecule has 0 atom stereocenters. The van der Waals surface area contributed by atoms with Gasteiger partial charge in [0.2, 0.25) is 0 Å². The van der Waals surface area contributed by atoms with E-state index in [1.165, 1.54) is 0 Å². The predicted octanol–water partition coefficient (Wildman–Crippen LogP) is 2.43. The van der Waals surface area contributed by atoms with E-state index in [9.17, 15) is 9.59 Å². The van der Waals surface area contributed by atoms with Crippen molar-refractivity contribution < 1.29 is 0 Å². The summed E-state index contributed by atoms with van der Waals surface area (Å²) in [6, 6.07) is 13.2. The van der Waals surface area contributed by atoms with E-state index >= 15 is 0 Å².